The van der Waals surface area contributed by atoms with Gasteiger partial charge in [0.05, 0.1) is 18.2 Å². The van der Waals surface area contributed by atoms with E-state index in [0.29, 0.717) is 18.2 Å². The first-order chi connectivity index (χ1) is 7.72. The summed E-state index contributed by atoms with van der Waals surface area (Å²) in [5.74, 6) is 2.86. The normalized spacial score (nSPS) is 10.2. The Hall–Kier alpha value is -0.0600. The number of methoxy groups -OCH3 is 1. The lowest BCUT2D eigenvalue weighted by Crippen LogP contribution is -2.02. The predicted octanol–water partition coefficient (Wildman–Crippen LogP) is 3.94. The molecule has 0 atom stereocenters. The van der Waals surface area contributed by atoms with Crippen molar-refractivity contribution in [2.45, 2.75) is 5.88 Å². The minimum atomic E-state index is 0.458. The molecule has 0 radical (unpaired) electrons. The Morgan fingerprint density at radius 2 is 2.19 bits per heavy atom. The molecule has 90 valence electrons. The molecule has 1 rings (SSSR count). The first kappa shape index (κ1) is 14.0. The summed E-state index contributed by atoms with van der Waals surface area (Å²) >= 11 is 11.0. The zero-order valence-electron chi connectivity index (χ0n) is 9.26. The molecular formula is C11H14BrClO2S. The average molecular weight is 326 g/mol. The van der Waals surface area contributed by atoms with Gasteiger partial charge in [0.2, 0.25) is 0 Å². The van der Waals surface area contributed by atoms with E-state index in [1.807, 2.05) is 18.4 Å². The van der Waals surface area contributed by atoms with Crippen LogP contribution in [0.15, 0.2) is 16.6 Å². The third-order valence-electron chi connectivity index (χ3n) is 1.98. The van der Waals surface area contributed by atoms with Crippen molar-refractivity contribution in [2.24, 2.45) is 0 Å². The first-order valence-corrected chi connectivity index (χ1v) is 7.49. The van der Waals surface area contributed by atoms with Crippen molar-refractivity contribution in [1.29, 1.82) is 0 Å². The van der Waals surface area contributed by atoms with E-state index < -0.39 is 0 Å². The van der Waals surface area contributed by atoms with Crippen molar-refractivity contribution in [3.8, 4) is 11.5 Å². The third-order valence-corrected chi connectivity index (χ3v) is 3.45. The molecule has 0 bridgehead atoms. The maximum absolute atomic E-state index is 5.79. The summed E-state index contributed by atoms with van der Waals surface area (Å²) in [6.45, 7) is 0.663. The van der Waals surface area contributed by atoms with E-state index in [0.717, 1.165) is 21.5 Å². The van der Waals surface area contributed by atoms with Crippen molar-refractivity contribution in [3.63, 3.8) is 0 Å². The molecule has 0 spiro atoms. The van der Waals surface area contributed by atoms with Crippen molar-refractivity contribution >= 4 is 39.3 Å². The Morgan fingerprint density at radius 1 is 1.44 bits per heavy atom. The Morgan fingerprint density at radius 3 is 2.75 bits per heavy atom. The molecule has 0 saturated heterocycles. The highest BCUT2D eigenvalue weighted by Gasteiger charge is 2.11. The van der Waals surface area contributed by atoms with Gasteiger partial charge in [-0.25, -0.2) is 0 Å². The van der Waals surface area contributed by atoms with Crippen molar-refractivity contribution in [3.05, 3.63) is 22.2 Å². The fourth-order valence-electron chi connectivity index (χ4n) is 1.22. The molecule has 0 heterocycles. The van der Waals surface area contributed by atoms with E-state index in [-0.39, 0.29) is 0 Å². The maximum atomic E-state index is 5.79. The van der Waals surface area contributed by atoms with Crippen LogP contribution < -0.4 is 9.47 Å². The zero-order valence-corrected chi connectivity index (χ0v) is 12.4. The van der Waals surface area contributed by atoms with Crippen LogP contribution in [-0.2, 0) is 5.88 Å². The fraction of sp³-hybridized carbons (Fsp3) is 0.455. The second-order valence-corrected chi connectivity index (χ2v) is 5.19. The van der Waals surface area contributed by atoms with Gasteiger partial charge in [0.1, 0.15) is 0 Å². The number of benzene rings is 1. The molecule has 2 nitrogen and oxygen atoms in total. The molecule has 16 heavy (non-hydrogen) atoms. The van der Waals surface area contributed by atoms with E-state index in [1.165, 1.54) is 0 Å². The van der Waals surface area contributed by atoms with Crippen LogP contribution in [0.4, 0.5) is 0 Å². The van der Waals surface area contributed by atoms with Crippen LogP contribution in [0, 0.1) is 0 Å². The number of ether oxygens (including phenoxy) is 2. The highest BCUT2D eigenvalue weighted by atomic mass is 79.9. The largest absolute Gasteiger partial charge is 0.493 e. The van der Waals surface area contributed by atoms with Gasteiger partial charge in [-0.3, -0.25) is 0 Å². The molecular weight excluding hydrogens is 312 g/mol. The summed E-state index contributed by atoms with van der Waals surface area (Å²) in [6, 6.07) is 3.84. The highest BCUT2D eigenvalue weighted by molar-refractivity contribution is 9.10. The quantitative estimate of drug-likeness (QED) is 0.583. The predicted molar refractivity (Wildman–Crippen MR) is 74.1 cm³/mol. The molecule has 0 N–H and O–H groups in total. The van der Waals surface area contributed by atoms with Crippen LogP contribution in [0.25, 0.3) is 0 Å². The average Bonchev–Trinajstić information content (AvgIpc) is 2.30. The van der Waals surface area contributed by atoms with E-state index in [2.05, 4.69) is 15.9 Å². The van der Waals surface area contributed by atoms with E-state index in [1.54, 1.807) is 18.9 Å². The summed E-state index contributed by atoms with van der Waals surface area (Å²) in [7, 11) is 1.63. The molecule has 0 aliphatic carbocycles. The lowest BCUT2D eigenvalue weighted by molar-refractivity contribution is 0.311. The summed E-state index contributed by atoms with van der Waals surface area (Å²) in [5, 5.41) is 0. The van der Waals surface area contributed by atoms with Crippen LogP contribution >= 0.6 is 39.3 Å². The molecule has 0 fully saturated rings. The minimum absolute atomic E-state index is 0.458. The van der Waals surface area contributed by atoms with Crippen LogP contribution in [0.5, 0.6) is 11.5 Å². The van der Waals surface area contributed by atoms with Gasteiger partial charge in [-0.05, 0) is 39.9 Å². The molecule has 0 amide bonds. The molecule has 1 aromatic carbocycles. The fourth-order valence-corrected chi connectivity index (χ4v) is 2.23. The van der Waals surface area contributed by atoms with Crippen LogP contribution in [-0.4, -0.2) is 25.7 Å². The smallest absolute Gasteiger partial charge is 0.175 e. The SMILES string of the molecule is COc1cc(CCl)cc(Br)c1OCCSC. The topological polar surface area (TPSA) is 18.5 Å². The summed E-state index contributed by atoms with van der Waals surface area (Å²) in [4.78, 5) is 0. The Balaban J connectivity index is 2.88. The van der Waals surface area contributed by atoms with Crippen molar-refractivity contribution in [1.82, 2.24) is 0 Å². The van der Waals surface area contributed by atoms with Gasteiger partial charge in [0.25, 0.3) is 0 Å². The Kier molecular flexibility index (Phi) is 6.39. The zero-order chi connectivity index (χ0) is 12.0. The Bertz CT molecular complexity index is 347. The van der Waals surface area contributed by atoms with Crippen molar-refractivity contribution < 1.29 is 9.47 Å². The number of alkyl halides is 1. The lowest BCUT2D eigenvalue weighted by atomic mass is 10.2. The number of rotatable bonds is 6. The van der Waals surface area contributed by atoms with Crippen molar-refractivity contribution in [2.75, 3.05) is 25.7 Å². The number of halogens is 2. The van der Waals surface area contributed by atoms with E-state index in [9.17, 15) is 0 Å². The number of hydrogen-bond acceptors (Lipinski definition) is 3. The Labute approximate surface area is 114 Å². The van der Waals surface area contributed by atoms with Crippen LogP contribution in [0.2, 0.25) is 0 Å². The molecule has 1 aromatic rings. The second-order valence-electron chi connectivity index (χ2n) is 3.08. The summed E-state index contributed by atoms with van der Waals surface area (Å²) in [5.41, 5.74) is 1.00. The number of thioether (sulfide) groups is 1. The van der Waals surface area contributed by atoms with Gasteiger partial charge in [-0.15, -0.1) is 11.6 Å². The van der Waals surface area contributed by atoms with Gasteiger partial charge in [0, 0.05) is 11.6 Å². The van der Waals surface area contributed by atoms with Gasteiger partial charge < -0.3 is 9.47 Å². The number of hydrogen-bond donors (Lipinski definition) is 0. The van der Waals surface area contributed by atoms with E-state index >= 15 is 0 Å². The third kappa shape index (κ3) is 3.75. The molecule has 5 heteroatoms. The molecule has 0 aliphatic rings. The van der Waals surface area contributed by atoms with Crippen LogP contribution in [0.3, 0.4) is 0 Å². The molecule has 0 aliphatic heterocycles. The van der Waals surface area contributed by atoms with Gasteiger partial charge in [-0.2, -0.15) is 11.8 Å². The minimum Gasteiger partial charge on any atom is -0.493 e. The van der Waals surface area contributed by atoms with Gasteiger partial charge in [-0.1, -0.05) is 0 Å². The lowest BCUT2D eigenvalue weighted by Gasteiger charge is -2.13. The van der Waals surface area contributed by atoms with E-state index in [4.69, 9.17) is 21.1 Å². The highest BCUT2D eigenvalue weighted by Crippen LogP contribution is 2.37. The first-order valence-electron chi connectivity index (χ1n) is 4.77. The monoisotopic (exact) mass is 324 g/mol. The summed E-state index contributed by atoms with van der Waals surface area (Å²) in [6.07, 6.45) is 2.05. The van der Waals surface area contributed by atoms with Gasteiger partial charge >= 0.3 is 0 Å². The van der Waals surface area contributed by atoms with Gasteiger partial charge in [0.15, 0.2) is 11.5 Å². The molecule has 0 unspecified atom stereocenters. The molecule has 0 saturated carbocycles. The second kappa shape index (κ2) is 7.30. The summed E-state index contributed by atoms with van der Waals surface area (Å²) < 4.78 is 11.8. The standard InChI is InChI=1S/C11H14BrClO2S/c1-14-10-6-8(7-13)5-9(12)11(10)15-3-4-16-2/h5-6H,3-4,7H2,1-2H3. The molecule has 0 aromatic heterocycles. The van der Waals surface area contributed by atoms with Crippen LogP contribution in [0.1, 0.15) is 5.56 Å². The maximum Gasteiger partial charge on any atom is 0.175 e.